The SMILES string of the molecule is CC(=O)N1CCC2(CC1)COC(Cc1ccc3ncnc(Nc4ccc(Oc5ccc(C)nc5)c(C)c4)c3c1)=N2. The number of aliphatic imine (C=N–C) groups is 1. The maximum absolute atomic E-state index is 11.7. The third-order valence-corrected chi connectivity index (χ3v) is 7.61. The number of amides is 1. The molecule has 1 spiro atoms. The van der Waals surface area contributed by atoms with Gasteiger partial charge < -0.3 is 19.7 Å². The Hall–Kier alpha value is -4.53. The number of aryl methyl sites for hydroxylation is 2. The second-order valence-corrected chi connectivity index (χ2v) is 10.6. The Kier molecular flexibility index (Phi) is 6.79. The molecule has 0 unspecified atom stereocenters. The van der Waals surface area contributed by atoms with Crippen LogP contribution in [0.3, 0.4) is 0 Å². The van der Waals surface area contributed by atoms with Gasteiger partial charge in [0.1, 0.15) is 35.8 Å². The van der Waals surface area contributed by atoms with Crippen LogP contribution in [0, 0.1) is 13.8 Å². The van der Waals surface area contributed by atoms with Gasteiger partial charge in [-0.05, 0) is 80.3 Å². The van der Waals surface area contributed by atoms with Gasteiger partial charge >= 0.3 is 0 Å². The van der Waals surface area contributed by atoms with Gasteiger partial charge in [-0.3, -0.25) is 9.78 Å². The zero-order valence-corrected chi connectivity index (χ0v) is 23.0. The Morgan fingerprint density at radius 1 is 1.05 bits per heavy atom. The van der Waals surface area contributed by atoms with Crippen LogP contribution in [0.15, 0.2) is 66.0 Å². The zero-order valence-electron chi connectivity index (χ0n) is 23.0. The van der Waals surface area contributed by atoms with Crippen molar-refractivity contribution in [3.8, 4) is 11.5 Å². The number of aromatic nitrogens is 3. The highest BCUT2D eigenvalue weighted by molar-refractivity contribution is 5.92. The van der Waals surface area contributed by atoms with E-state index in [-0.39, 0.29) is 11.4 Å². The first kappa shape index (κ1) is 25.7. The molecule has 0 aliphatic carbocycles. The first-order valence-electron chi connectivity index (χ1n) is 13.5. The molecule has 2 aromatic carbocycles. The number of carbonyl (C=O) groups is 1. The van der Waals surface area contributed by atoms with Crippen LogP contribution in [-0.4, -0.2) is 56.9 Å². The molecule has 9 heteroatoms. The van der Waals surface area contributed by atoms with Crippen molar-refractivity contribution in [1.29, 1.82) is 0 Å². The molecule has 0 radical (unpaired) electrons. The Bertz CT molecular complexity index is 1590. The Labute approximate surface area is 233 Å². The largest absolute Gasteiger partial charge is 0.478 e. The number of rotatable bonds is 6. The predicted molar refractivity (Wildman–Crippen MR) is 154 cm³/mol. The molecule has 9 nitrogen and oxygen atoms in total. The number of ether oxygens (including phenoxy) is 2. The summed E-state index contributed by atoms with van der Waals surface area (Å²) in [6.07, 6.45) is 5.56. The van der Waals surface area contributed by atoms with Crippen molar-refractivity contribution in [1.82, 2.24) is 19.9 Å². The number of likely N-dealkylation sites (tertiary alicyclic amines) is 1. The second kappa shape index (κ2) is 10.6. The highest BCUT2D eigenvalue weighted by Crippen LogP contribution is 2.33. The summed E-state index contributed by atoms with van der Waals surface area (Å²) >= 11 is 0. The van der Waals surface area contributed by atoms with Gasteiger partial charge in [0.25, 0.3) is 0 Å². The second-order valence-electron chi connectivity index (χ2n) is 10.6. The molecule has 1 amide bonds. The number of pyridine rings is 1. The number of fused-ring (bicyclic) bond motifs is 1. The molecule has 2 aromatic heterocycles. The number of hydrogen-bond donors (Lipinski definition) is 1. The maximum atomic E-state index is 11.7. The van der Waals surface area contributed by atoms with E-state index < -0.39 is 0 Å². The van der Waals surface area contributed by atoms with Crippen molar-refractivity contribution in [2.45, 2.75) is 45.6 Å². The summed E-state index contributed by atoms with van der Waals surface area (Å²) in [6, 6.07) is 16.0. The average Bonchev–Trinajstić information content (AvgIpc) is 3.33. The Balaban J connectivity index is 1.18. The smallest absolute Gasteiger partial charge is 0.219 e. The molecule has 2 aliphatic rings. The molecular formula is C31H32N6O3. The van der Waals surface area contributed by atoms with E-state index in [1.54, 1.807) is 19.4 Å². The molecule has 1 N–H and O–H groups in total. The molecule has 1 saturated heterocycles. The van der Waals surface area contributed by atoms with E-state index in [9.17, 15) is 4.79 Å². The summed E-state index contributed by atoms with van der Waals surface area (Å²) in [5, 5.41) is 4.38. The number of nitrogens with one attached hydrogen (secondary N) is 1. The summed E-state index contributed by atoms with van der Waals surface area (Å²) in [4.78, 5) is 31.9. The third kappa shape index (κ3) is 5.45. The normalized spacial score (nSPS) is 16.1. The number of carbonyl (C=O) groups excluding carboxylic acids is 1. The molecule has 0 atom stereocenters. The van der Waals surface area contributed by atoms with Crippen molar-refractivity contribution in [3.63, 3.8) is 0 Å². The molecule has 2 aliphatic heterocycles. The molecule has 0 saturated carbocycles. The Morgan fingerprint density at radius 3 is 2.65 bits per heavy atom. The number of hydrogen-bond acceptors (Lipinski definition) is 8. The number of nitrogens with zero attached hydrogens (tertiary/aromatic N) is 5. The average molecular weight is 537 g/mol. The lowest BCUT2D eigenvalue weighted by atomic mass is 9.89. The fourth-order valence-electron chi connectivity index (χ4n) is 5.24. The van der Waals surface area contributed by atoms with Crippen molar-refractivity contribution in [2.75, 3.05) is 25.0 Å². The van der Waals surface area contributed by atoms with E-state index in [0.717, 1.165) is 76.8 Å². The topological polar surface area (TPSA) is 102 Å². The van der Waals surface area contributed by atoms with Gasteiger partial charge in [-0.2, -0.15) is 0 Å². The van der Waals surface area contributed by atoms with Crippen LogP contribution in [0.25, 0.3) is 10.9 Å². The maximum Gasteiger partial charge on any atom is 0.219 e. The number of piperidine rings is 1. The van der Waals surface area contributed by atoms with Gasteiger partial charge in [0.05, 0.1) is 11.7 Å². The summed E-state index contributed by atoms with van der Waals surface area (Å²) < 4.78 is 12.1. The third-order valence-electron chi connectivity index (χ3n) is 7.61. The molecular weight excluding hydrogens is 504 g/mol. The van der Waals surface area contributed by atoms with E-state index >= 15 is 0 Å². The summed E-state index contributed by atoms with van der Waals surface area (Å²) in [5.41, 5.74) is 4.56. The standard InChI is InChI=1S/C31H32N6O3/c1-20-14-24(6-9-28(20)40-25-7-4-21(2)32-17-25)35-30-26-15-23(5-8-27(26)33-19-34-30)16-29-36-31(18-39-29)10-12-37(13-11-31)22(3)38/h4-9,14-15,17,19H,10-13,16,18H2,1-3H3,(H,33,34,35). The summed E-state index contributed by atoms with van der Waals surface area (Å²) in [7, 11) is 0. The van der Waals surface area contributed by atoms with Crippen LogP contribution < -0.4 is 10.1 Å². The first-order valence-corrected chi connectivity index (χ1v) is 13.5. The van der Waals surface area contributed by atoms with E-state index in [1.165, 1.54) is 0 Å². The minimum Gasteiger partial charge on any atom is -0.478 e. The Morgan fingerprint density at radius 2 is 1.90 bits per heavy atom. The summed E-state index contributed by atoms with van der Waals surface area (Å²) in [6.45, 7) is 7.62. The number of anilines is 2. The fraction of sp³-hybridized carbons (Fsp3) is 0.323. The highest BCUT2D eigenvalue weighted by Gasteiger charge is 2.40. The van der Waals surface area contributed by atoms with Crippen LogP contribution in [0.2, 0.25) is 0 Å². The quantitative estimate of drug-likeness (QED) is 0.346. The van der Waals surface area contributed by atoms with Crippen LogP contribution in [0.5, 0.6) is 11.5 Å². The van der Waals surface area contributed by atoms with Gasteiger partial charge in [-0.25, -0.2) is 15.0 Å². The van der Waals surface area contributed by atoms with Crippen LogP contribution in [0.1, 0.15) is 36.6 Å². The lowest BCUT2D eigenvalue weighted by Crippen LogP contribution is -2.45. The minimum absolute atomic E-state index is 0.125. The van der Waals surface area contributed by atoms with E-state index in [2.05, 4.69) is 32.4 Å². The molecule has 1 fully saturated rings. The molecule has 4 aromatic rings. The van der Waals surface area contributed by atoms with Gasteiger partial charge in [-0.1, -0.05) is 6.07 Å². The lowest BCUT2D eigenvalue weighted by molar-refractivity contribution is -0.130. The van der Waals surface area contributed by atoms with Crippen molar-refractivity contribution in [3.05, 3.63) is 77.9 Å². The van der Waals surface area contributed by atoms with E-state index in [0.29, 0.717) is 18.8 Å². The first-order chi connectivity index (χ1) is 19.4. The van der Waals surface area contributed by atoms with Crippen LogP contribution >= 0.6 is 0 Å². The predicted octanol–water partition coefficient (Wildman–Crippen LogP) is 5.53. The molecule has 0 bridgehead atoms. The monoisotopic (exact) mass is 536 g/mol. The molecule has 204 valence electrons. The zero-order chi connectivity index (χ0) is 27.7. The molecule has 40 heavy (non-hydrogen) atoms. The van der Waals surface area contributed by atoms with Crippen LogP contribution in [-0.2, 0) is 16.0 Å². The lowest BCUT2D eigenvalue weighted by Gasteiger charge is -2.35. The van der Waals surface area contributed by atoms with Gasteiger partial charge in [0, 0.05) is 43.2 Å². The summed E-state index contributed by atoms with van der Waals surface area (Å²) in [5.74, 6) is 3.07. The van der Waals surface area contributed by atoms with Gasteiger partial charge in [0.15, 0.2) is 5.90 Å². The molecule has 4 heterocycles. The number of benzene rings is 2. The van der Waals surface area contributed by atoms with Crippen molar-refractivity contribution < 1.29 is 14.3 Å². The van der Waals surface area contributed by atoms with Gasteiger partial charge in [0.2, 0.25) is 5.91 Å². The fourth-order valence-corrected chi connectivity index (χ4v) is 5.24. The van der Waals surface area contributed by atoms with E-state index in [1.807, 2.05) is 55.1 Å². The van der Waals surface area contributed by atoms with Crippen LogP contribution in [0.4, 0.5) is 11.5 Å². The van der Waals surface area contributed by atoms with E-state index in [4.69, 9.17) is 14.5 Å². The van der Waals surface area contributed by atoms with Crippen molar-refractivity contribution >= 4 is 34.2 Å². The van der Waals surface area contributed by atoms with Gasteiger partial charge in [-0.15, -0.1) is 0 Å². The highest BCUT2D eigenvalue weighted by atomic mass is 16.5. The molecule has 6 rings (SSSR count). The van der Waals surface area contributed by atoms with Crippen molar-refractivity contribution in [2.24, 2.45) is 4.99 Å². The minimum atomic E-state index is -0.211.